The summed E-state index contributed by atoms with van der Waals surface area (Å²) >= 11 is 0. The van der Waals surface area contributed by atoms with Gasteiger partial charge in [-0.25, -0.2) is 9.97 Å². The Hall–Kier alpha value is -5.02. The molecule has 3 heteroatoms. The van der Waals surface area contributed by atoms with Crippen molar-refractivity contribution < 1.29 is 0 Å². The van der Waals surface area contributed by atoms with E-state index in [-0.39, 0.29) is 5.41 Å². The van der Waals surface area contributed by atoms with E-state index in [1.54, 1.807) is 0 Å². The summed E-state index contributed by atoms with van der Waals surface area (Å²) in [6, 6.07) is 45.1. The van der Waals surface area contributed by atoms with Gasteiger partial charge in [0.1, 0.15) is 0 Å². The largest absolute Gasteiger partial charge is 0.309 e. The molecule has 0 saturated carbocycles. The van der Waals surface area contributed by atoms with Crippen molar-refractivity contribution in [1.29, 1.82) is 0 Å². The molecule has 7 aromatic rings. The Labute approximate surface area is 233 Å². The molecule has 1 aliphatic rings. The molecular weight excluding hydrogens is 486 g/mol. The van der Waals surface area contributed by atoms with Crippen molar-refractivity contribution in [3.05, 3.63) is 139 Å². The number of hydrogen-bond donors (Lipinski definition) is 0. The third kappa shape index (κ3) is 3.24. The zero-order valence-electron chi connectivity index (χ0n) is 22.5. The van der Waals surface area contributed by atoms with Crippen LogP contribution in [0.2, 0.25) is 0 Å². The standard InChI is InChI=1S/C37H27N3/c1-37(2)30-23-26(40-31-19-11-9-17-27(31)28-18-10-12-20-32(28)40)21-22-29(30)35-33(37)34(24-13-5-3-6-14-24)38-36(39-35)25-15-7-4-8-16-25/h3-23H,1-2H3. The Morgan fingerprint density at radius 2 is 1.10 bits per heavy atom. The Kier molecular flexibility index (Phi) is 4.86. The first-order chi connectivity index (χ1) is 19.6. The van der Waals surface area contributed by atoms with Crippen LogP contribution < -0.4 is 0 Å². The van der Waals surface area contributed by atoms with E-state index in [1.165, 1.54) is 38.5 Å². The van der Waals surface area contributed by atoms with Gasteiger partial charge in [-0.15, -0.1) is 0 Å². The highest BCUT2D eigenvalue weighted by molar-refractivity contribution is 6.09. The molecule has 40 heavy (non-hydrogen) atoms. The molecule has 2 heterocycles. The predicted molar refractivity (Wildman–Crippen MR) is 165 cm³/mol. The number of hydrogen-bond acceptors (Lipinski definition) is 2. The molecule has 0 fully saturated rings. The van der Waals surface area contributed by atoms with Gasteiger partial charge in [-0.1, -0.05) is 117 Å². The molecule has 1 aliphatic carbocycles. The SMILES string of the molecule is CC1(C)c2cc(-n3c4ccccc4c4ccccc43)ccc2-c2nc(-c3ccccc3)nc(-c3ccccc3)c21. The first-order valence-corrected chi connectivity index (χ1v) is 13.8. The second kappa shape index (κ2) is 8.49. The zero-order chi connectivity index (χ0) is 26.8. The van der Waals surface area contributed by atoms with E-state index in [1.807, 2.05) is 18.2 Å². The lowest BCUT2D eigenvalue weighted by Gasteiger charge is -2.24. The summed E-state index contributed by atoms with van der Waals surface area (Å²) in [7, 11) is 0. The van der Waals surface area contributed by atoms with E-state index in [0.29, 0.717) is 0 Å². The van der Waals surface area contributed by atoms with Gasteiger partial charge >= 0.3 is 0 Å². The highest BCUT2D eigenvalue weighted by Crippen LogP contribution is 2.52. The van der Waals surface area contributed by atoms with Crippen molar-refractivity contribution in [3.8, 4) is 39.6 Å². The molecule has 0 amide bonds. The summed E-state index contributed by atoms with van der Waals surface area (Å²) in [5.74, 6) is 0.758. The van der Waals surface area contributed by atoms with Crippen LogP contribution in [0.1, 0.15) is 25.0 Å². The summed E-state index contributed by atoms with van der Waals surface area (Å²) in [5.41, 5.74) is 11.1. The van der Waals surface area contributed by atoms with Gasteiger partial charge in [0.05, 0.1) is 22.4 Å². The van der Waals surface area contributed by atoms with Gasteiger partial charge in [-0.05, 0) is 29.8 Å². The van der Waals surface area contributed by atoms with Crippen LogP contribution in [0.4, 0.5) is 0 Å². The summed E-state index contributed by atoms with van der Waals surface area (Å²) < 4.78 is 2.39. The number of aromatic nitrogens is 3. The lowest BCUT2D eigenvalue weighted by molar-refractivity contribution is 0.657. The maximum absolute atomic E-state index is 5.22. The number of para-hydroxylation sites is 2. The molecular formula is C37H27N3. The summed E-state index contributed by atoms with van der Waals surface area (Å²) in [6.07, 6.45) is 0. The van der Waals surface area contributed by atoms with Gasteiger partial charge in [-0.2, -0.15) is 0 Å². The lowest BCUT2D eigenvalue weighted by atomic mass is 9.80. The second-order valence-electron chi connectivity index (χ2n) is 11.1. The van der Waals surface area contributed by atoms with Crippen LogP contribution in [0.15, 0.2) is 127 Å². The molecule has 0 atom stereocenters. The van der Waals surface area contributed by atoms with E-state index in [2.05, 4.69) is 128 Å². The van der Waals surface area contributed by atoms with Crippen LogP contribution in [0, 0.1) is 0 Å². The minimum atomic E-state index is -0.278. The molecule has 190 valence electrons. The van der Waals surface area contributed by atoms with Crippen LogP contribution in [-0.2, 0) is 5.41 Å². The highest BCUT2D eigenvalue weighted by Gasteiger charge is 2.40. The third-order valence-corrected chi connectivity index (χ3v) is 8.38. The zero-order valence-corrected chi connectivity index (χ0v) is 22.5. The first-order valence-electron chi connectivity index (χ1n) is 13.8. The fourth-order valence-corrected chi connectivity index (χ4v) is 6.50. The van der Waals surface area contributed by atoms with Crippen molar-refractivity contribution in [2.75, 3.05) is 0 Å². The average Bonchev–Trinajstić information content (AvgIpc) is 3.46. The second-order valence-corrected chi connectivity index (χ2v) is 11.1. The van der Waals surface area contributed by atoms with Crippen molar-refractivity contribution in [1.82, 2.24) is 14.5 Å². The maximum atomic E-state index is 5.22. The maximum Gasteiger partial charge on any atom is 0.160 e. The third-order valence-electron chi connectivity index (χ3n) is 8.38. The summed E-state index contributed by atoms with van der Waals surface area (Å²) in [5, 5.41) is 2.54. The Morgan fingerprint density at radius 3 is 1.75 bits per heavy atom. The molecule has 0 N–H and O–H groups in total. The molecule has 0 saturated heterocycles. The highest BCUT2D eigenvalue weighted by atomic mass is 15.0. The Morgan fingerprint density at radius 1 is 0.550 bits per heavy atom. The van der Waals surface area contributed by atoms with Crippen molar-refractivity contribution in [2.45, 2.75) is 19.3 Å². The monoisotopic (exact) mass is 513 g/mol. The summed E-state index contributed by atoms with van der Waals surface area (Å²) in [4.78, 5) is 10.4. The van der Waals surface area contributed by atoms with E-state index in [9.17, 15) is 0 Å². The fraction of sp³-hybridized carbons (Fsp3) is 0.0811. The molecule has 0 bridgehead atoms. The van der Waals surface area contributed by atoms with Gasteiger partial charge in [-0.3, -0.25) is 0 Å². The topological polar surface area (TPSA) is 30.7 Å². The predicted octanol–water partition coefficient (Wildman–Crippen LogP) is 9.21. The lowest BCUT2D eigenvalue weighted by Crippen LogP contribution is -2.18. The van der Waals surface area contributed by atoms with E-state index < -0.39 is 0 Å². The number of rotatable bonds is 3. The number of nitrogens with zero attached hydrogens (tertiary/aromatic N) is 3. The Balaban J connectivity index is 1.40. The molecule has 0 unspecified atom stereocenters. The van der Waals surface area contributed by atoms with Gasteiger partial charge in [0.2, 0.25) is 0 Å². The normalized spacial score (nSPS) is 13.4. The summed E-state index contributed by atoms with van der Waals surface area (Å²) in [6.45, 7) is 4.62. The molecule has 0 aliphatic heterocycles. The van der Waals surface area contributed by atoms with E-state index >= 15 is 0 Å². The van der Waals surface area contributed by atoms with E-state index in [0.717, 1.165) is 34.0 Å². The first kappa shape index (κ1) is 22.9. The van der Waals surface area contributed by atoms with Crippen molar-refractivity contribution in [2.24, 2.45) is 0 Å². The van der Waals surface area contributed by atoms with Crippen molar-refractivity contribution in [3.63, 3.8) is 0 Å². The van der Waals surface area contributed by atoms with Gasteiger partial charge in [0.15, 0.2) is 5.82 Å². The molecule has 5 aromatic carbocycles. The van der Waals surface area contributed by atoms with Crippen LogP contribution in [0.25, 0.3) is 61.4 Å². The van der Waals surface area contributed by atoms with Gasteiger partial charge in [0, 0.05) is 44.1 Å². The molecule has 0 radical (unpaired) electrons. The van der Waals surface area contributed by atoms with Crippen LogP contribution in [0.3, 0.4) is 0 Å². The molecule has 0 spiro atoms. The molecule has 8 rings (SSSR count). The minimum Gasteiger partial charge on any atom is -0.309 e. The van der Waals surface area contributed by atoms with Gasteiger partial charge < -0.3 is 4.57 Å². The van der Waals surface area contributed by atoms with Crippen LogP contribution in [-0.4, -0.2) is 14.5 Å². The average molecular weight is 514 g/mol. The van der Waals surface area contributed by atoms with Crippen LogP contribution in [0.5, 0.6) is 0 Å². The molecule has 3 nitrogen and oxygen atoms in total. The van der Waals surface area contributed by atoms with Gasteiger partial charge in [0.25, 0.3) is 0 Å². The number of fused-ring (bicyclic) bond motifs is 6. The van der Waals surface area contributed by atoms with Crippen LogP contribution >= 0.6 is 0 Å². The van der Waals surface area contributed by atoms with E-state index in [4.69, 9.17) is 9.97 Å². The molecule has 2 aromatic heterocycles. The quantitative estimate of drug-likeness (QED) is 0.236. The Bertz CT molecular complexity index is 2020. The smallest absolute Gasteiger partial charge is 0.160 e. The number of benzene rings is 5. The van der Waals surface area contributed by atoms with Crippen molar-refractivity contribution >= 4 is 21.8 Å². The minimum absolute atomic E-state index is 0.278. The fourth-order valence-electron chi connectivity index (χ4n) is 6.50.